The van der Waals surface area contributed by atoms with E-state index in [1.54, 1.807) is 0 Å². The van der Waals surface area contributed by atoms with Crippen molar-refractivity contribution in [3.63, 3.8) is 0 Å². The Labute approximate surface area is 171 Å². The van der Waals surface area contributed by atoms with E-state index in [1.165, 1.54) is 43.5 Å². The molecule has 2 aromatic rings. The van der Waals surface area contributed by atoms with E-state index in [4.69, 9.17) is 9.26 Å². The highest BCUT2D eigenvalue weighted by Gasteiger charge is 2.29. The zero-order valence-corrected chi connectivity index (χ0v) is 18.3. The molecule has 11 heteroatoms. The summed E-state index contributed by atoms with van der Waals surface area (Å²) in [5.74, 6) is 0.345. The van der Waals surface area contributed by atoms with E-state index in [0.29, 0.717) is 13.1 Å². The second-order valence-electron chi connectivity index (χ2n) is 6.94. The molecule has 1 aromatic carbocycles. The van der Waals surface area contributed by atoms with Crippen LogP contribution in [0.2, 0.25) is 0 Å². The lowest BCUT2D eigenvalue weighted by Gasteiger charge is -2.21. The third-order valence-corrected chi connectivity index (χ3v) is 8.36. The quantitative estimate of drug-likeness (QED) is 0.729. The smallest absolute Gasteiger partial charge is 0.267 e. The van der Waals surface area contributed by atoms with Gasteiger partial charge in [-0.05, 0) is 44.9 Å². The standard InChI is InChI=1S/C18H25N3O6S2/c1-13-18(14(2)27-19-13)28(22,23)20-16-12-15(8-9-17(16)26-3)29(24,25)21-10-6-4-5-7-11-21/h8-9,12,20H,4-7,10-11H2,1-3H3. The van der Waals surface area contributed by atoms with Crippen LogP contribution >= 0.6 is 0 Å². The molecule has 0 unspecified atom stereocenters. The molecule has 0 amide bonds. The van der Waals surface area contributed by atoms with Crippen LogP contribution in [-0.4, -0.2) is 46.5 Å². The van der Waals surface area contributed by atoms with Crippen molar-refractivity contribution in [3.8, 4) is 5.75 Å². The number of sulfonamides is 2. The molecule has 0 atom stereocenters. The molecule has 0 spiro atoms. The fourth-order valence-corrected chi connectivity index (χ4v) is 6.35. The van der Waals surface area contributed by atoms with Crippen LogP contribution in [0.25, 0.3) is 0 Å². The van der Waals surface area contributed by atoms with Crippen LogP contribution in [0.4, 0.5) is 5.69 Å². The van der Waals surface area contributed by atoms with E-state index < -0.39 is 20.0 Å². The highest BCUT2D eigenvalue weighted by Crippen LogP contribution is 2.32. The largest absolute Gasteiger partial charge is 0.495 e. The van der Waals surface area contributed by atoms with Crippen molar-refractivity contribution >= 4 is 25.7 Å². The molecule has 160 valence electrons. The van der Waals surface area contributed by atoms with Crippen molar-refractivity contribution in [1.29, 1.82) is 0 Å². The van der Waals surface area contributed by atoms with Crippen LogP contribution in [-0.2, 0) is 20.0 Å². The summed E-state index contributed by atoms with van der Waals surface area (Å²) < 4.78 is 65.9. The number of ether oxygens (including phenoxy) is 1. The predicted molar refractivity (Wildman–Crippen MR) is 107 cm³/mol. The average Bonchev–Trinajstić information content (AvgIpc) is 2.87. The van der Waals surface area contributed by atoms with Gasteiger partial charge in [-0.25, -0.2) is 16.8 Å². The van der Waals surface area contributed by atoms with E-state index in [-0.39, 0.29) is 32.7 Å². The minimum absolute atomic E-state index is 0.0108. The van der Waals surface area contributed by atoms with Crippen LogP contribution in [0.1, 0.15) is 37.1 Å². The van der Waals surface area contributed by atoms with Crippen molar-refractivity contribution in [2.75, 3.05) is 24.9 Å². The number of benzene rings is 1. The van der Waals surface area contributed by atoms with E-state index in [2.05, 4.69) is 9.88 Å². The van der Waals surface area contributed by atoms with Crippen LogP contribution < -0.4 is 9.46 Å². The third-order valence-electron chi connectivity index (χ3n) is 4.85. The molecule has 1 saturated heterocycles. The first kappa shape index (κ1) is 21.6. The Kier molecular flexibility index (Phi) is 6.20. The van der Waals surface area contributed by atoms with Gasteiger partial charge in [-0.3, -0.25) is 4.72 Å². The molecule has 0 radical (unpaired) electrons. The van der Waals surface area contributed by atoms with Crippen molar-refractivity contribution in [3.05, 3.63) is 29.7 Å². The van der Waals surface area contributed by atoms with Gasteiger partial charge in [0.1, 0.15) is 11.4 Å². The van der Waals surface area contributed by atoms with Crippen molar-refractivity contribution in [2.45, 2.75) is 49.3 Å². The van der Waals surface area contributed by atoms with Gasteiger partial charge in [0, 0.05) is 13.1 Å². The maximum atomic E-state index is 13.1. The molecular weight excluding hydrogens is 418 g/mol. The summed E-state index contributed by atoms with van der Waals surface area (Å²) in [5.41, 5.74) is 0.241. The maximum Gasteiger partial charge on any atom is 0.267 e. The third kappa shape index (κ3) is 4.41. The fourth-order valence-electron chi connectivity index (χ4n) is 3.41. The van der Waals surface area contributed by atoms with Gasteiger partial charge in [-0.2, -0.15) is 4.31 Å². The van der Waals surface area contributed by atoms with E-state index in [9.17, 15) is 16.8 Å². The minimum Gasteiger partial charge on any atom is -0.495 e. The van der Waals surface area contributed by atoms with Crippen LogP contribution in [0.5, 0.6) is 5.75 Å². The molecule has 1 aliphatic heterocycles. The number of rotatable bonds is 6. The Morgan fingerprint density at radius 1 is 1.07 bits per heavy atom. The molecule has 0 bridgehead atoms. The van der Waals surface area contributed by atoms with Crippen LogP contribution in [0, 0.1) is 13.8 Å². The molecule has 3 rings (SSSR count). The number of aryl methyl sites for hydroxylation is 2. The molecule has 1 aromatic heterocycles. The molecule has 9 nitrogen and oxygen atoms in total. The number of nitrogens with one attached hydrogen (secondary N) is 1. The van der Waals surface area contributed by atoms with Gasteiger partial charge in [-0.15, -0.1) is 0 Å². The number of methoxy groups -OCH3 is 1. The average molecular weight is 444 g/mol. The summed E-state index contributed by atoms with van der Waals surface area (Å²) in [6.07, 6.45) is 3.61. The fraction of sp³-hybridized carbons (Fsp3) is 0.500. The van der Waals surface area contributed by atoms with E-state index in [1.807, 2.05) is 0 Å². The normalized spacial score (nSPS) is 16.4. The molecular formula is C18H25N3O6S2. The topological polar surface area (TPSA) is 119 Å². The molecule has 0 aliphatic carbocycles. The van der Waals surface area contributed by atoms with E-state index in [0.717, 1.165) is 25.7 Å². The molecule has 0 saturated carbocycles. The zero-order chi connectivity index (χ0) is 21.2. The monoisotopic (exact) mass is 443 g/mol. The Bertz CT molecular complexity index is 1070. The molecule has 29 heavy (non-hydrogen) atoms. The Hall–Kier alpha value is -2.11. The first-order valence-corrected chi connectivity index (χ1v) is 12.2. The Morgan fingerprint density at radius 3 is 2.28 bits per heavy atom. The molecule has 1 N–H and O–H groups in total. The summed E-state index contributed by atoms with van der Waals surface area (Å²) in [6, 6.07) is 4.15. The maximum absolute atomic E-state index is 13.1. The summed E-state index contributed by atoms with van der Waals surface area (Å²) in [5, 5.41) is 3.67. The number of aromatic nitrogens is 1. The first-order chi connectivity index (χ1) is 13.7. The zero-order valence-electron chi connectivity index (χ0n) is 16.6. The number of hydrogen-bond acceptors (Lipinski definition) is 7. The van der Waals surface area contributed by atoms with Gasteiger partial charge in [0.05, 0.1) is 17.7 Å². The molecule has 1 aliphatic rings. The van der Waals surface area contributed by atoms with Crippen molar-refractivity contribution in [1.82, 2.24) is 9.46 Å². The Morgan fingerprint density at radius 2 is 1.72 bits per heavy atom. The lowest BCUT2D eigenvalue weighted by molar-refractivity contribution is 0.390. The van der Waals surface area contributed by atoms with Gasteiger partial charge in [0.2, 0.25) is 10.0 Å². The Balaban J connectivity index is 1.99. The van der Waals surface area contributed by atoms with Gasteiger partial charge in [0.25, 0.3) is 10.0 Å². The summed E-state index contributed by atoms with van der Waals surface area (Å²) >= 11 is 0. The molecule has 1 fully saturated rings. The summed E-state index contributed by atoms with van der Waals surface area (Å²) in [4.78, 5) is -0.0722. The van der Waals surface area contributed by atoms with Crippen LogP contribution in [0.3, 0.4) is 0 Å². The van der Waals surface area contributed by atoms with Gasteiger partial charge in [0.15, 0.2) is 10.7 Å². The van der Waals surface area contributed by atoms with Crippen LogP contribution in [0.15, 0.2) is 32.5 Å². The highest BCUT2D eigenvalue weighted by molar-refractivity contribution is 7.92. The lowest BCUT2D eigenvalue weighted by Crippen LogP contribution is -2.32. The summed E-state index contributed by atoms with van der Waals surface area (Å²) in [7, 11) is -6.42. The first-order valence-electron chi connectivity index (χ1n) is 9.30. The molecule has 2 heterocycles. The number of nitrogens with zero attached hydrogens (tertiary/aromatic N) is 2. The summed E-state index contributed by atoms with van der Waals surface area (Å²) in [6.45, 7) is 3.91. The second-order valence-corrected chi connectivity index (χ2v) is 10.5. The van der Waals surface area contributed by atoms with E-state index >= 15 is 0 Å². The van der Waals surface area contributed by atoms with Gasteiger partial charge < -0.3 is 9.26 Å². The van der Waals surface area contributed by atoms with Crippen molar-refractivity contribution < 1.29 is 26.1 Å². The minimum atomic E-state index is -4.05. The second kappa shape index (κ2) is 8.33. The highest BCUT2D eigenvalue weighted by atomic mass is 32.2. The van der Waals surface area contributed by atoms with Crippen molar-refractivity contribution in [2.24, 2.45) is 0 Å². The SMILES string of the molecule is COc1ccc(S(=O)(=O)N2CCCCCC2)cc1NS(=O)(=O)c1c(C)noc1C. The lowest BCUT2D eigenvalue weighted by atomic mass is 10.2. The predicted octanol–water partition coefficient (Wildman–Crippen LogP) is 2.67. The number of anilines is 1. The van der Waals surface area contributed by atoms with Gasteiger partial charge >= 0.3 is 0 Å². The number of hydrogen-bond donors (Lipinski definition) is 1. The van der Waals surface area contributed by atoms with Gasteiger partial charge in [-0.1, -0.05) is 18.0 Å².